The largest absolute Gasteiger partial charge is 0.493 e. The topological polar surface area (TPSA) is 45.8 Å². The second kappa shape index (κ2) is 9.63. The second-order valence-corrected chi connectivity index (χ2v) is 10.6. The molecule has 0 amide bonds. The molecule has 0 aromatic heterocycles. The lowest BCUT2D eigenvalue weighted by Crippen LogP contribution is -2.51. The van der Waals surface area contributed by atoms with E-state index in [0.29, 0.717) is 0 Å². The van der Waals surface area contributed by atoms with Crippen LogP contribution >= 0.6 is 12.2 Å². The van der Waals surface area contributed by atoms with Crippen LogP contribution < -0.4 is 15.4 Å². The molecule has 3 saturated carbocycles. The van der Waals surface area contributed by atoms with Crippen LogP contribution in [-0.2, 0) is 4.74 Å². The van der Waals surface area contributed by atoms with Crippen molar-refractivity contribution in [3.8, 4) is 5.75 Å². The summed E-state index contributed by atoms with van der Waals surface area (Å²) >= 11 is 5.75. The van der Waals surface area contributed by atoms with Crippen molar-refractivity contribution in [3.63, 3.8) is 0 Å². The molecule has 4 aliphatic rings. The van der Waals surface area contributed by atoms with Gasteiger partial charge in [0.1, 0.15) is 5.75 Å². The molecule has 170 valence electrons. The van der Waals surface area contributed by atoms with Gasteiger partial charge >= 0.3 is 0 Å². The Kier molecular flexibility index (Phi) is 6.67. The smallest absolute Gasteiger partial charge is 0.171 e. The third-order valence-corrected chi connectivity index (χ3v) is 8.14. The highest BCUT2D eigenvalue weighted by Crippen LogP contribution is 2.55. The molecular formula is C25H37N3O2S. The number of ether oxygens (including phenoxy) is 2. The van der Waals surface area contributed by atoms with Crippen LogP contribution in [0.1, 0.15) is 51.4 Å². The van der Waals surface area contributed by atoms with Crippen molar-refractivity contribution in [1.82, 2.24) is 10.2 Å². The number of anilines is 1. The van der Waals surface area contributed by atoms with Gasteiger partial charge < -0.3 is 20.1 Å². The molecule has 0 spiro atoms. The molecule has 1 saturated heterocycles. The van der Waals surface area contributed by atoms with Crippen LogP contribution in [0.3, 0.4) is 0 Å². The van der Waals surface area contributed by atoms with Crippen LogP contribution in [0.25, 0.3) is 0 Å². The average Bonchev–Trinajstić information content (AvgIpc) is 2.91. The molecule has 5 rings (SSSR count). The van der Waals surface area contributed by atoms with Gasteiger partial charge in [-0.2, -0.15) is 0 Å². The number of hydrogen-bond acceptors (Lipinski definition) is 4. The predicted octanol–water partition coefficient (Wildman–Crippen LogP) is 4.43. The fourth-order valence-corrected chi connectivity index (χ4v) is 7.01. The quantitative estimate of drug-likeness (QED) is 0.480. The van der Waals surface area contributed by atoms with E-state index in [1.54, 1.807) is 0 Å². The Morgan fingerprint density at radius 3 is 2.94 bits per heavy atom. The minimum absolute atomic E-state index is 0.232. The molecule has 2 N–H and O–H groups in total. The van der Waals surface area contributed by atoms with Gasteiger partial charge in [-0.25, -0.2) is 0 Å². The summed E-state index contributed by atoms with van der Waals surface area (Å²) < 4.78 is 11.4. The minimum Gasteiger partial charge on any atom is -0.493 e. The van der Waals surface area contributed by atoms with E-state index in [4.69, 9.17) is 21.7 Å². The Bertz CT molecular complexity index is 765. The molecule has 4 fully saturated rings. The number of fused-ring (bicyclic) bond motifs is 2. The first-order chi connectivity index (χ1) is 15.2. The highest BCUT2D eigenvalue weighted by atomic mass is 32.1. The van der Waals surface area contributed by atoms with Gasteiger partial charge in [-0.3, -0.25) is 4.90 Å². The van der Waals surface area contributed by atoms with Crippen LogP contribution in [0.4, 0.5) is 5.69 Å². The summed E-state index contributed by atoms with van der Waals surface area (Å²) in [4.78, 5) is 2.45. The lowest BCUT2D eigenvalue weighted by Gasteiger charge is -2.39. The zero-order chi connectivity index (χ0) is 21.1. The van der Waals surface area contributed by atoms with Crippen LogP contribution in [-0.4, -0.2) is 55.0 Å². The van der Waals surface area contributed by atoms with E-state index in [9.17, 15) is 0 Å². The standard InChI is InChI=1S/C25H37N3O2S/c31-24(27-25-16-19-4-1-5-20(17-25)21(14-19)18-25)26-22-6-2-7-23(15-22)30-11-3-8-28-9-12-29-13-10-28/h2,6-7,15,19-21H,1,3-5,8-14,16-18H2,(H2,26,27,31). The molecule has 3 bridgehead atoms. The summed E-state index contributed by atoms with van der Waals surface area (Å²) in [5, 5.41) is 7.97. The molecule has 1 heterocycles. The summed E-state index contributed by atoms with van der Waals surface area (Å²) in [5.74, 6) is 3.64. The van der Waals surface area contributed by atoms with Gasteiger partial charge in [0.15, 0.2) is 5.11 Å². The first-order valence-corrected chi connectivity index (χ1v) is 12.7. The van der Waals surface area contributed by atoms with E-state index in [1.807, 2.05) is 12.1 Å². The van der Waals surface area contributed by atoms with Crippen LogP contribution in [0, 0.1) is 17.8 Å². The van der Waals surface area contributed by atoms with Crippen LogP contribution in [0.2, 0.25) is 0 Å². The molecule has 1 aromatic carbocycles. The molecule has 0 radical (unpaired) electrons. The highest BCUT2D eigenvalue weighted by molar-refractivity contribution is 7.80. The van der Waals surface area contributed by atoms with Gasteiger partial charge in [0, 0.05) is 36.9 Å². The SMILES string of the molecule is S=C(Nc1cccc(OCCCN2CCOCC2)c1)NC12CC3CCCC(C1)C(C3)C2. The molecule has 3 aliphatic carbocycles. The number of thiocarbonyl (C=S) groups is 1. The molecule has 6 heteroatoms. The van der Waals surface area contributed by atoms with Crippen molar-refractivity contribution in [2.24, 2.45) is 17.8 Å². The zero-order valence-corrected chi connectivity index (χ0v) is 19.4. The predicted molar refractivity (Wildman–Crippen MR) is 129 cm³/mol. The molecule has 5 nitrogen and oxygen atoms in total. The van der Waals surface area contributed by atoms with Crippen molar-refractivity contribution >= 4 is 23.0 Å². The normalized spacial score (nSPS) is 32.5. The molecule has 31 heavy (non-hydrogen) atoms. The molecule has 4 unspecified atom stereocenters. The second-order valence-electron chi connectivity index (χ2n) is 10.2. The molecule has 1 aromatic rings. The maximum absolute atomic E-state index is 6.01. The maximum Gasteiger partial charge on any atom is 0.171 e. The first-order valence-electron chi connectivity index (χ1n) is 12.3. The van der Waals surface area contributed by atoms with Gasteiger partial charge in [0.05, 0.1) is 19.8 Å². The molecule has 1 aliphatic heterocycles. The molecule has 4 atom stereocenters. The Morgan fingerprint density at radius 2 is 2.03 bits per heavy atom. The summed E-state index contributed by atoms with van der Waals surface area (Å²) in [6.45, 7) is 5.58. The number of benzene rings is 1. The third-order valence-electron chi connectivity index (χ3n) is 7.94. The van der Waals surface area contributed by atoms with Crippen LogP contribution in [0.15, 0.2) is 24.3 Å². The lowest BCUT2D eigenvalue weighted by atomic mass is 9.75. The first kappa shape index (κ1) is 21.5. The monoisotopic (exact) mass is 443 g/mol. The Morgan fingerprint density at radius 1 is 1.16 bits per heavy atom. The Hall–Kier alpha value is -1.37. The average molecular weight is 444 g/mol. The van der Waals surface area contributed by atoms with E-state index in [0.717, 1.165) is 80.2 Å². The number of nitrogens with zero attached hydrogens (tertiary/aromatic N) is 1. The number of nitrogens with one attached hydrogen (secondary N) is 2. The van der Waals surface area contributed by atoms with Crippen molar-refractivity contribution in [1.29, 1.82) is 0 Å². The summed E-state index contributed by atoms with van der Waals surface area (Å²) in [5.41, 5.74) is 1.24. The number of hydrogen-bond donors (Lipinski definition) is 2. The third kappa shape index (κ3) is 5.35. The Labute approximate surface area is 192 Å². The van der Waals surface area contributed by atoms with Crippen molar-refractivity contribution in [2.75, 3.05) is 44.8 Å². The van der Waals surface area contributed by atoms with E-state index in [2.05, 4.69) is 27.7 Å². The van der Waals surface area contributed by atoms with Gasteiger partial charge in [-0.15, -0.1) is 0 Å². The number of rotatable bonds is 7. The minimum atomic E-state index is 0.232. The van der Waals surface area contributed by atoms with Crippen molar-refractivity contribution in [3.05, 3.63) is 24.3 Å². The zero-order valence-electron chi connectivity index (χ0n) is 18.6. The molecular weight excluding hydrogens is 406 g/mol. The summed E-state index contributed by atoms with van der Waals surface area (Å²) in [6, 6.07) is 8.20. The fourth-order valence-electron chi connectivity index (χ4n) is 6.68. The summed E-state index contributed by atoms with van der Waals surface area (Å²) in [6.07, 6.45) is 10.7. The maximum atomic E-state index is 6.01. The van der Waals surface area contributed by atoms with E-state index in [1.165, 1.54) is 44.9 Å². The fraction of sp³-hybridized carbons (Fsp3) is 0.720. The van der Waals surface area contributed by atoms with Gasteiger partial charge in [0.25, 0.3) is 0 Å². The van der Waals surface area contributed by atoms with Crippen molar-refractivity contribution < 1.29 is 9.47 Å². The van der Waals surface area contributed by atoms with Crippen molar-refractivity contribution in [2.45, 2.75) is 56.9 Å². The number of morpholine rings is 1. The van der Waals surface area contributed by atoms with E-state index < -0.39 is 0 Å². The highest BCUT2D eigenvalue weighted by Gasteiger charge is 2.51. The van der Waals surface area contributed by atoms with Crippen LogP contribution in [0.5, 0.6) is 5.75 Å². The summed E-state index contributed by atoms with van der Waals surface area (Å²) in [7, 11) is 0. The van der Waals surface area contributed by atoms with E-state index >= 15 is 0 Å². The lowest BCUT2D eigenvalue weighted by molar-refractivity contribution is 0.0358. The van der Waals surface area contributed by atoms with E-state index in [-0.39, 0.29) is 5.54 Å². The van der Waals surface area contributed by atoms with Gasteiger partial charge in [-0.05, 0) is 74.2 Å². The van der Waals surface area contributed by atoms with Gasteiger partial charge in [-0.1, -0.05) is 25.3 Å². The van der Waals surface area contributed by atoms with Gasteiger partial charge in [0.2, 0.25) is 0 Å². The Balaban J connectivity index is 1.10.